The molecule has 11 heteroatoms. The van der Waals surface area contributed by atoms with E-state index in [-0.39, 0.29) is 47.7 Å². The number of allylic oxidation sites excluding steroid dienone is 4. The van der Waals surface area contributed by atoms with Crippen molar-refractivity contribution in [3.63, 3.8) is 0 Å². The molecule has 350 valence electrons. The van der Waals surface area contributed by atoms with E-state index >= 15 is 0 Å². The van der Waals surface area contributed by atoms with E-state index in [0.717, 1.165) is 19.3 Å². The molecule has 7 N–H and O–H groups in total. The minimum Gasteiger partial charge on any atom is -0.481 e. The molecule has 0 aliphatic heterocycles. The van der Waals surface area contributed by atoms with Gasteiger partial charge in [0.2, 0.25) is 0 Å². The van der Waals surface area contributed by atoms with Crippen LogP contribution in [0.3, 0.4) is 0 Å². The molecule has 0 aromatic heterocycles. The highest BCUT2D eigenvalue weighted by Gasteiger charge is 2.41. The van der Waals surface area contributed by atoms with Crippen LogP contribution in [0.5, 0.6) is 0 Å². The predicted octanol–water partition coefficient (Wildman–Crippen LogP) is 9.22. The monoisotopic (exact) mass is 891 g/mol. The average Bonchev–Trinajstić information content (AvgIpc) is 3.66. The summed E-state index contributed by atoms with van der Waals surface area (Å²) in [6, 6.07) is 20.4. The Morgan fingerprint density at radius 3 is 1.52 bits per heavy atom. The summed E-state index contributed by atoms with van der Waals surface area (Å²) < 4.78 is 6.77. The number of aliphatic carboxylic acids is 2. The van der Waals surface area contributed by atoms with Crippen LogP contribution in [0.25, 0.3) is 0 Å². The lowest BCUT2D eigenvalue weighted by molar-refractivity contribution is -0.138. The number of carbonyl (C=O) groups is 2. The van der Waals surface area contributed by atoms with Crippen molar-refractivity contribution in [2.45, 2.75) is 165 Å². The lowest BCUT2D eigenvalue weighted by atomic mass is 9.89. The number of hydrogen-bond acceptors (Lipinski definition) is 8. The van der Waals surface area contributed by atoms with E-state index in [1.807, 2.05) is 66.8 Å². The van der Waals surface area contributed by atoms with Crippen LogP contribution < -0.4 is 0 Å². The van der Waals surface area contributed by atoms with Gasteiger partial charge in [0.25, 0.3) is 0 Å². The number of aliphatic hydroxyl groups excluding tert-OH is 5. The van der Waals surface area contributed by atoms with Crippen molar-refractivity contribution in [3.8, 4) is 0 Å². The van der Waals surface area contributed by atoms with Crippen molar-refractivity contribution in [2.24, 2.45) is 23.7 Å². The number of hydrogen-bond donors (Lipinski definition) is 7. The fourth-order valence-electron chi connectivity index (χ4n) is 8.16. The first-order valence-electron chi connectivity index (χ1n) is 23.1. The minimum absolute atomic E-state index is 0.0479. The van der Waals surface area contributed by atoms with Crippen LogP contribution >= 0.6 is 0 Å². The molecular weight excluding hydrogens is 813 g/mol. The number of aryl methyl sites for hydroxylation is 2. The van der Waals surface area contributed by atoms with Crippen molar-refractivity contribution >= 4 is 20.3 Å². The minimum atomic E-state index is -1.99. The summed E-state index contributed by atoms with van der Waals surface area (Å²) in [7, 11) is -1.99. The molecule has 10 atom stereocenters. The zero-order valence-electron chi connectivity index (χ0n) is 38.4. The van der Waals surface area contributed by atoms with Gasteiger partial charge in [0.05, 0.1) is 36.6 Å². The van der Waals surface area contributed by atoms with E-state index in [1.165, 1.54) is 11.1 Å². The second-order valence-electron chi connectivity index (χ2n) is 19.0. The van der Waals surface area contributed by atoms with Crippen LogP contribution in [-0.2, 0) is 26.9 Å². The van der Waals surface area contributed by atoms with Crippen molar-refractivity contribution < 1.29 is 49.8 Å². The molecule has 2 aromatic carbocycles. The number of rotatable bonds is 24. The zero-order chi connectivity index (χ0) is 46.4. The van der Waals surface area contributed by atoms with Gasteiger partial charge < -0.3 is 40.2 Å². The molecule has 2 aliphatic rings. The molecular formula is C52H78O10Si. The molecule has 0 saturated heterocycles. The summed E-state index contributed by atoms with van der Waals surface area (Å²) in [4.78, 5) is 21.2. The molecule has 0 unspecified atom stereocenters. The fourth-order valence-corrected chi connectivity index (χ4v) is 9.47. The predicted molar refractivity (Wildman–Crippen MR) is 254 cm³/mol. The number of aliphatic hydroxyl groups is 5. The molecule has 2 aliphatic carbocycles. The van der Waals surface area contributed by atoms with E-state index in [1.54, 1.807) is 6.08 Å². The maximum atomic E-state index is 10.7. The SMILES string of the molecule is CC(C)(C)[Si](C)(C)O[C@H](/C=C/[C@@H]1[C@@H](C/C=C\CCCC(=O)O)[C@@H](O)C[C@H]1O)CCc1ccccc1.O=C(O)CCC/C=C\C[C@@H]1[C@@H](/C=C/[C@@H](O)CCc2ccccc2)[C@H](O)C[C@@H]1O. The Kier molecular flexibility index (Phi) is 23.5. The van der Waals surface area contributed by atoms with Crippen LogP contribution in [0, 0.1) is 23.7 Å². The number of carboxylic acids is 2. The smallest absolute Gasteiger partial charge is 0.303 e. The van der Waals surface area contributed by atoms with Crippen molar-refractivity contribution in [1.82, 2.24) is 0 Å². The topological polar surface area (TPSA) is 185 Å². The number of carboxylic acid groups (broad SMARTS) is 2. The van der Waals surface area contributed by atoms with Crippen molar-refractivity contribution in [2.75, 3.05) is 0 Å². The first-order chi connectivity index (χ1) is 29.9. The van der Waals surface area contributed by atoms with E-state index < -0.39 is 50.8 Å². The third kappa shape index (κ3) is 19.9. The van der Waals surface area contributed by atoms with Gasteiger partial charge in [0.1, 0.15) is 0 Å². The van der Waals surface area contributed by atoms with Gasteiger partial charge in [-0.2, -0.15) is 0 Å². The highest BCUT2D eigenvalue weighted by atomic mass is 28.4. The molecule has 0 bridgehead atoms. The largest absolute Gasteiger partial charge is 0.481 e. The second kappa shape index (κ2) is 27.6. The van der Waals surface area contributed by atoms with Crippen molar-refractivity contribution in [3.05, 3.63) is 120 Å². The third-order valence-electron chi connectivity index (χ3n) is 13.0. The van der Waals surface area contributed by atoms with Crippen LogP contribution in [0.15, 0.2) is 109 Å². The maximum Gasteiger partial charge on any atom is 0.303 e. The summed E-state index contributed by atoms with van der Waals surface area (Å²) in [6.07, 6.45) is 20.9. The van der Waals surface area contributed by atoms with Crippen LogP contribution in [0.1, 0.15) is 109 Å². The van der Waals surface area contributed by atoms with Gasteiger partial charge in [-0.25, -0.2) is 0 Å². The van der Waals surface area contributed by atoms with Gasteiger partial charge in [-0.1, -0.05) is 130 Å². The summed E-state index contributed by atoms with van der Waals surface area (Å²) in [5.74, 6) is -2.04. The Morgan fingerprint density at radius 1 is 0.667 bits per heavy atom. The number of unbranched alkanes of at least 4 members (excludes halogenated alkanes) is 2. The van der Waals surface area contributed by atoms with Crippen LogP contribution in [0.2, 0.25) is 18.1 Å². The van der Waals surface area contributed by atoms with Crippen molar-refractivity contribution in [1.29, 1.82) is 0 Å². The van der Waals surface area contributed by atoms with Gasteiger partial charge in [-0.15, -0.1) is 0 Å². The highest BCUT2D eigenvalue weighted by molar-refractivity contribution is 6.74. The number of benzene rings is 2. The molecule has 2 fully saturated rings. The first kappa shape index (κ1) is 53.7. The van der Waals surface area contributed by atoms with E-state index in [9.17, 15) is 35.1 Å². The molecule has 0 spiro atoms. The van der Waals surface area contributed by atoms with Gasteiger partial charge >= 0.3 is 11.9 Å². The Morgan fingerprint density at radius 2 is 1.10 bits per heavy atom. The van der Waals surface area contributed by atoms with Crippen LogP contribution in [0.4, 0.5) is 0 Å². The van der Waals surface area contributed by atoms with E-state index in [0.29, 0.717) is 57.8 Å². The molecule has 2 saturated carbocycles. The lowest BCUT2D eigenvalue weighted by Gasteiger charge is -2.39. The molecule has 4 rings (SSSR count). The van der Waals surface area contributed by atoms with Gasteiger partial charge in [0.15, 0.2) is 8.32 Å². The quantitative estimate of drug-likeness (QED) is 0.0305. The molecule has 63 heavy (non-hydrogen) atoms. The molecule has 0 amide bonds. The van der Waals surface area contributed by atoms with Gasteiger partial charge in [0, 0.05) is 37.5 Å². The Bertz CT molecular complexity index is 1720. The summed E-state index contributed by atoms with van der Waals surface area (Å²) in [5, 5.41) is 69.5. The Hall–Kier alpha value is -3.68. The van der Waals surface area contributed by atoms with Gasteiger partial charge in [-0.3, -0.25) is 9.59 Å². The Balaban J connectivity index is 0.000000344. The fraction of sp³-hybridized carbons (Fsp3) is 0.577. The zero-order valence-corrected chi connectivity index (χ0v) is 39.4. The Labute approximate surface area is 378 Å². The third-order valence-corrected chi connectivity index (χ3v) is 17.5. The molecule has 0 heterocycles. The molecule has 10 nitrogen and oxygen atoms in total. The second-order valence-corrected chi connectivity index (χ2v) is 23.8. The van der Waals surface area contributed by atoms with Gasteiger partial charge in [-0.05, 0) is 105 Å². The molecule has 2 aromatic rings. The first-order valence-corrected chi connectivity index (χ1v) is 26.0. The average molecular weight is 891 g/mol. The highest BCUT2D eigenvalue weighted by Crippen LogP contribution is 2.40. The molecule has 0 radical (unpaired) electrons. The van der Waals surface area contributed by atoms with E-state index in [2.05, 4.69) is 70.3 Å². The summed E-state index contributed by atoms with van der Waals surface area (Å²) >= 11 is 0. The van der Waals surface area contributed by atoms with Crippen LogP contribution in [-0.4, -0.2) is 92.6 Å². The van der Waals surface area contributed by atoms with E-state index in [4.69, 9.17) is 14.6 Å². The summed E-state index contributed by atoms with van der Waals surface area (Å²) in [5.41, 5.74) is 2.46. The standard InChI is InChI=1S/C29H46O5Si.C23H32O5/c1-29(2,3)35(4,5)34-23(18-17-22-13-9-8-10-14-22)19-20-25-24(26(30)21-27(25)31)15-11-6-7-12-16-28(32)33;24-18(13-12-17-8-4-3-5-9-17)14-15-20-19(21(25)16-22(20)26)10-6-1-2-7-11-23(27)28/h6,8-11,13-14,19-20,23-27,30-31H,7,12,15-18,21H2,1-5H3,(H,32,33);1,3-6,8-9,14-15,18-22,24-26H,2,7,10-13,16H2,(H,27,28)/b11-6-,20-19+;6-1-,15-14+/t23-,24+,25+,26-,27+;18-,19+,20+,21-,22+/m00/s1. The summed E-state index contributed by atoms with van der Waals surface area (Å²) in [6.45, 7) is 11.3. The lowest BCUT2D eigenvalue weighted by Crippen LogP contribution is -2.43. The normalized spacial score (nSPS) is 25.2. The maximum absolute atomic E-state index is 10.7.